The predicted molar refractivity (Wildman–Crippen MR) is 152 cm³/mol. The number of aromatic nitrogens is 2. The first-order valence-electron chi connectivity index (χ1n) is 12.4. The minimum absolute atomic E-state index is 0.0659. The summed E-state index contributed by atoms with van der Waals surface area (Å²) in [5.41, 5.74) is 1.51. The van der Waals surface area contributed by atoms with E-state index in [9.17, 15) is 14.0 Å². The van der Waals surface area contributed by atoms with Crippen LogP contribution in [0.3, 0.4) is 0 Å². The third-order valence-corrected chi connectivity index (χ3v) is 6.45. The van der Waals surface area contributed by atoms with Crippen LogP contribution in [0.15, 0.2) is 78.0 Å². The van der Waals surface area contributed by atoms with Crippen LogP contribution in [-0.2, 0) is 11.4 Å². The van der Waals surface area contributed by atoms with E-state index in [2.05, 4.69) is 25.6 Å². The molecular weight excluding hydrogens is 572 g/mol. The van der Waals surface area contributed by atoms with Gasteiger partial charge in [0.25, 0.3) is 11.8 Å². The van der Waals surface area contributed by atoms with Crippen LogP contribution in [0.2, 0.25) is 10.0 Å². The fourth-order valence-electron chi connectivity index (χ4n) is 4.16. The molecule has 12 heteroatoms. The van der Waals surface area contributed by atoms with Gasteiger partial charge in [0.2, 0.25) is 6.17 Å². The number of fused-ring (bicyclic) bond motifs is 1. The van der Waals surface area contributed by atoms with Crippen molar-refractivity contribution in [1.29, 1.82) is 0 Å². The lowest BCUT2D eigenvalue weighted by atomic mass is 9.99. The molecule has 0 bridgehead atoms. The molecule has 0 saturated heterocycles. The average molecular weight is 594 g/mol. The zero-order valence-electron chi connectivity index (χ0n) is 21.5. The largest absolute Gasteiger partial charge is 0.493 e. The monoisotopic (exact) mass is 593 g/mol. The van der Waals surface area contributed by atoms with E-state index in [0.717, 1.165) is 12.1 Å². The summed E-state index contributed by atoms with van der Waals surface area (Å²) in [7, 11) is 0. The topological polar surface area (TPSA) is 115 Å². The lowest BCUT2D eigenvalue weighted by Crippen LogP contribution is -2.42. The summed E-state index contributed by atoms with van der Waals surface area (Å²) < 4.78 is 25.8. The molecule has 1 aromatic heterocycles. The van der Waals surface area contributed by atoms with Crippen LogP contribution in [0, 0.1) is 5.82 Å². The second-order valence-electron chi connectivity index (χ2n) is 8.68. The van der Waals surface area contributed by atoms with E-state index < -0.39 is 23.8 Å². The summed E-state index contributed by atoms with van der Waals surface area (Å²) >= 11 is 12.9. The second-order valence-corrected chi connectivity index (χ2v) is 9.52. The van der Waals surface area contributed by atoms with Gasteiger partial charge in [-0.2, -0.15) is 0 Å². The number of hydrogen-bond acceptors (Lipinski definition) is 7. The molecule has 2 amide bonds. The summed E-state index contributed by atoms with van der Waals surface area (Å²) in [6.45, 7) is 2.05. The number of rotatable bonds is 8. The van der Waals surface area contributed by atoms with Crippen molar-refractivity contribution in [2.45, 2.75) is 19.7 Å². The highest BCUT2D eigenvalue weighted by atomic mass is 35.5. The minimum Gasteiger partial charge on any atom is -0.493 e. The number of hydrogen-bond donors (Lipinski definition) is 2. The number of nitrogens with one attached hydrogen (secondary N) is 2. The van der Waals surface area contributed by atoms with Gasteiger partial charge in [-0.15, -0.1) is 0 Å². The van der Waals surface area contributed by atoms with Crippen molar-refractivity contribution in [2.24, 2.45) is 4.99 Å². The highest BCUT2D eigenvalue weighted by Gasteiger charge is 2.30. The Kier molecular flexibility index (Phi) is 8.42. The van der Waals surface area contributed by atoms with Gasteiger partial charge in [-0.25, -0.2) is 19.4 Å². The van der Waals surface area contributed by atoms with E-state index in [-0.39, 0.29) is 28.7 Å². The Hall–Kier alpha value is -4.54. The molecule has 1 unspecified atom stereocenters. The van der Waals surface area contributed by atoms with Crippen LogP contribution >= 0.6 is 23.2 Å². The summed E-state index contributed by atoms with van der Waals surface area (Å²) in [5.74, 6) is -1.31. The SMILES string of the molecule is CCOc1cc(Cl)cc(Cl)c1C1=NC(NC(=O)c2cc(F)ccc2OCc2ncccn2)C(=O)Nc2ccccc21. The summed E-state index contributed by atoms with van der Waals surface area (Å²) in [6.07, 6.45) is 1.66. The Bertz CT molecular complexity index is 1650. The number of carbonyl (C=O) groups excluding carboxylic acids is 2. The number of benzodiazepines with no additional fused rings is 1. The molecule has 0 aliphatic carbocycles. The molecule has 5 rings (SSSR count). The van der Waals surface area contributed by atoms with Gasteiger partial charge in [0.15, 0.2) is 5.82 Å². The Morgan fingerprint density at radius 2 is 1.80 bits per heavy atom. The molecule has 1 atom stereocenters. The smallest absolute Gasteiger partial charge is 0.269 e. The van der Waals surface area contributed by atoms with Crippen molar-refractivity contribution in [3.05, 3.63) is 111 Å². The molecule has 41 heavy (non-hydrogen) atoms. The molecule has 0 fully saturated rings. The van der Waals surface area contributed by atoms with Crippen molar-refractivity contribution in [3.8, 4) is 11.5 Å². The molecule has 1 aliphatic rings. The van der Waals surface area contributed by atoms with Crippen LogP contribution in [0.5, 0.6) is 11.5 Å². The quantitative estimate of drug-likeness (QED) is 0.281. The van der Waals surface area contributed by atoms with Gasteiger partial charge >= 0.3 is 0 Å². The number of anilines is 1. The second kappa shape index (κ2) is 12.3. The van der Waals surface area contributed by atoms with Gasteiger partial charge in [0.05, 0.1) is 34.2 Å². The Labute approximate surface area is 244 Å². The van der Waals surface area contributed by atoms with Crippen LogP contribution in [0.25, 0.3) is 0 Å². The fraction of sp³-hybridized carbons (Fsp3) is 0.138. The minimum atomic E-state index is -1.43. The molecule has 0 radical (unpaired) electrons. The molecule has 0 saturated carbocycles. The molecule has 9 nitrogen and oxygen atoms in total. The lowest BCUT2D eigenvalue weighted by Gasteiger charge is -2.17. The predicted octanol–water partition coefficient (Wildman–Crippen LogP) is 5.45. The van der Waals surface area contributed by atoms with Crippen molar-refractivity contribution in [2.75, 3.05) is 11.9 Å². The Morgan fingerprint density at radius 3 is 2.59 bits per heavy atom. The van der Waals surface area contributed by atoms with E-state index in [4.69, 9.17) is 32.7 Å². The molecule has 1 aliphatic heterocycles. The van der Waals surface area contributed by atoms with Gasteiger partial charge in [0, 0.05) is 23.0 Å². The van der Waals surface area contributed by atoms with Crippen LogP contribution in [0.1, 0.15) is 34.2 Å². The number of benzene rings is 3. The maximum Gasteiger partial charge on any atom is 0.269 e. The number of amides is 2. The fourth-order valence-corrected chi connectivity index (χ4v) is 4.72. The van der Waals surface area contributed by atoms with E-state index >= 15 is 0 Å². The van der Waals surface area contributed by atoms with Gasteiger partial charge in [0.1, 0.15) is 23.9 Å². The van der Waals surface area contributed by atoms with Gasteiger partial charge < -0.3 is 20.1 Å². The van der Waals surface area contributed by atoms with Gasteiger partial charge in [-0.3, -0.25) is 9.59 Å². The first-order chi connectivity index (χ1) is 19.8. The van der Waals surface area contributed by atoms with Gasteiger partial charge in [-0.1, -0.05) is 41.4 Å². The summed E-state index contributed by atoms with van der Waals surface area (Å²) in [4.78, 5) is 39.5. The first kappa shape index (κ1) is 28.0. The zero-order chi connectivity index (χ0) is 28.9. The number of aliphatic imine (C=N–C) groups is 1. The first-order valence-corrected chi connectivity index (χ1v) is 13.2. The number of ether oxygens (including phenoxy) is 2. The molecule has 2 heterocycles. The van der Waals surface area contributed by atoms with Gasteiger partial charge in [-0.05, 0) is 49.4 Å². The standard InChI is InChI=1S/C29H22Cl2FN5O4/c1-2-40-23-13-16(30)12-20(31)25(23)26-18-6-3-4-7-21(18)35-29(39)27(36-26)37-28(38)19-14-17(32)8-9-22(19)41-15-24-33-10-5-11-34-24/h3-14,27H,2,15H2,1H3,(H,35,39)(H,37,38). The number of para-hydroxylation sites is 1. The van der Waals surface area contributed by atoms with Crippen molar-refractivity contribution in [3.63, 3.8) is 0 Å². The number of halogens is 3. The molecule has 3 aromatic carbocycles. The van der Waals surface area contributed by atoms with Crippen LogP contribution < -0.4 is 20.1 Å². The summed E-state index contributed by atoms with van der Waals surface area (Å²) in [6, 6.07) is 15.2. The third-order valence-electron chi connectivity index (χ3n) is 5.93. The lowest BCUT2D eigenvalue weighted by molar-refractivity contribution is -0.117. The van der Waals surface area contributed by atoms with Crippen molar-refractivity contribution < 1.29 is 23.5 Å². The van der Waals surface area contributed by atoms with E-state index in [1.54, 1.807) is 55.7 Å². The van der Waals surface area contributed by atoms with E-state index in [0.29, 0.717) is 40.0 Å². The van der Waals surface area contributed by atoms with Crippen molar-refractivity contribution in [1.82, 2.24) is 15.3 Å². The molecule has 0 spiro atoms. The third kappa shape index (κ3) is 6.29. The maximum absolute atomic E-state index is 14.2. The molecule has 208 valence electrons. The zero-order valence-corrected chi connectivity index (χ0v) is 23.0. The average Bonchev–Trinajstić information content (AvgIpc) is 3.08. The van der Waals surface area contributed by atoms with E-state index in [1.165, 1.54) is 12.1 Å². The number of carbonyl (C=O) groups is 2. The Morgan fingerprint density at radius 1 is 1.02 bits per heavy atom. The molecule has 4 aromatic rings. The normalized spacial score (nSPS) is 14.3. The maximum atomic E-state index is 14.2. The Balaban J connectivity index is 1.53. The highest BCUT2D eigenvalue weighted by Crippen LogP contribution is 2.36. The number of nitrogens with zero attached hydrogens (tertiary/aromatic N) is 3. The molecule has 2 N–H and O–H groups in total. The van der Waals surface area contributed by atoms with E-state index in [1.807, 2.05) is 0 Å². The highest BCUT2D eigenvalue weighted by molar-refractivity contribution is 6.39. The molecular formula is C29H22Cl2FN5O4. The summed E-state index contributed by atoms with van der Waals surface area (Å²) in [5, 5.41) is 5.95. The van der Waals surface area contributed by atoms with Crippen molar-refractivity contribution >= 4 is 46.4 Å². The van der Waals surface area contributed by atoms with Crippen LogP contribution in [0.4, 0.5) is 10.1 Å². The van der Waals surface area contributed by atoms with Crippen LogP contribution in [-0.4, -0.2) is 40.3 Å².